The lowest BCUT2D eigenvalue weighted by molar-refractivity contribution is 0.0623. The number of ether oxygens (including phenoxy) is 1. The highest BCUT2D eigenvalue weighted by atomic mass is 16.5. The van der Waals surface area contributed by atoms with Gasteiger partial charge in [-0.15, -0.1) is 0 Å². The summed E-state index contributed by atoms with van der Waals surface area (Å²) < 4.78 is 5.60. The molecule has 0 radical (unpaired) electrons. The first-order valence-electron chi connectivity index (χ1n) is 5.20. The van der Waals surface area contributed by atoms with Gasteiger partial charge < -0.3 is 9.84 Å². The van der Waals surface area contributed by atoms with E-state index in [4.69, 9.17) is 4.74 Å². The molecular weight excluding hydrogens is 176 g/mol. The molecule has 0 saturated heterocycles. The molecular formula is C12H16O2. The van der Waals surface area contributed by atoms with Gasteiger partial charge in [-0.05, 0) is 24.5 Å². The third-order valence-corrected chi connectivity index (χ3v) is 2.87. The van der Waals surface area contributed by atoms with E-state index >= 15 is 0 Å². The van der Waals surface area contributed by atoms with Gasteiger partial charge in [0.15, 0.2) is 0 Å². The number of fused-ring (bicyclic) bond motifs is 1. The van der Waals surface area contributed by atoms with Crippen molar-refractivity contribution in [2.75, 3.05) is 6.61 Å². The summed E-state index contributed by atoms with van der Waals surface area (Å²) in [5.74, 6) is 1.24. The van der Waals surface area contributed by atoms with E-state index in [9.17, 15) is 5.11 Å². The van der Waals surface area contributed by atoms with Crippen LogP contribution in [0, 0.1) is 5.92 Å². The number of para-hydroxylation sites is 1. The van der Waals surface area contributed by atoms with Crippen LogP contribution in [0.4, 0.5) is 0 Å². The normalized spacial score (nSPS) is 22.3. The van der Waals surface area contributed by atoms with E-state index in [0.29, 0.717) is 6.61 Å². The summed E-state index contributed by atoms with van der Waals surface area (Å²) in [5.41, 5.74) is 1.22. The fraction of sp³-hybridized carbons (Fsp3) is 0.500. The van der Waals surface area contributed by atoms with Gasteiger partial charge in [0.1, 0.15) is 5.75 Å². The molecule has 2 rings (SSSR count). The summed E-state index contributed by atoms with van der Waals surface area (Å²) in [5, 5.41) is 9.73. The van der Waals surface area contributed by atoms with Crippen molar-refractivity contribution in [3.63, 3.8) is 0 Å². The van der Waals surface area contributed by atoms with Gasteiger partial charge in [-0.3, -0.25) is 0 Å². The van der Waals surface area contributed by atoms with E-state index in [1.54, 1.807) is 0 Å². The highest BCUT2D eigenvalue weighted by Gasteiger charge is 2.24. The Bertz CT molecular complexity index is 309. The lowest BCUT2D eigenvalue weighted by atomic mass is 9.91. The van der Waals surface area contributed by atoms with Crippen LogP contribution in [0.5, 0.6) is 5.75 Å². The highest BCUT2D eigenvalue weighted by molar-refractivity contribution is 5.35. The van der Waals surface area contributed by atoms with Gasteiger partial charge in [-0.2, -0.15) is 0 Å². The topological polar surface area (TPSA) is 29.5 Å². The van der Waals surface area contributed by atoms with Crippen LogP contribution in [0.2, 0.25) is 0 Å². The molecule has 1 heterocycles. The van der Waals surface area contributed by atoms with Crippen LogP contribution in [0.3, 0.4) is 0 Å². The van der Waals surface area contributed by atoms with E-state index in [2.05, 4.69) is 6.07 Å². The molecule has 0 fully saturated rings. The third-order valence-electron chi connectivity index (χ3n) is 2.87. The zero-order chi connectivity index (χ0) is 9.97. The maximum absolute atomic E-state index is 9.73. The standard InChI is InChI=1S/C12H16O2/c1-2-11(13)10-7-9-5-3-4-6-12(9)14-8-10/h3-6,10-11,13H,2,7-8H2,1H3. The molecule has 0 saturated carbocycles. The average molecular weight is 192 g/mol. The molecule has 1 aliphatic rings. The Morgan fingerprint density at radius 3 is 3.07 bits per heavy atom. The van der Waals surface area contributed by atoms with Crippen LogP contribution in [-0.4, -0.2) is 17.8 Å². The van der Waals surface area contributed by atoms with Crippen LogP contribution in [-0.2, 0) is 6.42 Å². The number of hydrogen-bond donors (Lipinski definition) is 1. The van der Waals surface area contributed by atoms with Crippen molar-refractivity contribution >= 4 is 0 Å². The Hall–Kier alpha value is -1.02. The molecule has 1 aliphatic heterocycles. The van der Waals surface area contributed by atoms with E-state index in [1.165, 1.54) is 5.56 Å². The lowest BCUT2D eigenvalue weighted by Gasteiger charge is -2.28. The van der Waals surface area contributed by atoms with Crippen molar-refractivity contribution < 1.29 is 9.84 Å². The summed E-state index contributed by atoms with van der Waals surface area (Å²) >= 11 is 0. The maximum Gasteiger partial charge on any atom is 0.122 e. The fourth-order valence-electron chi connectivity index (χ4n) is 1.93. The SMILES string of the molecule is CCC(O)C1COc2ccccc2C1. The molecule has 0 spiro atoms. The molecule has 1 aromatic carbocycles. The Balaban J connectivity index is 2.13. The van der Waals surface area contributed by atoms with Crippen molar-refractivity contribution in [2.45, 2.75) is 25.9 Å². The van der Waals surface area contributed by atoms with Gasteiger partial charge >= 0.3 is 0 Å². The van der Waals surface area contributed by atoms with Crippen molar-refractivity contribution in [1.29, 1.82) is 0 Å². The summed E-state index contributed by atoms with van der Waals surface area (Å²) in [4.78, 5) is 0. The molecule has 1 aromatic rings. The lowest BCUT2D eigenvalue weighted by Crippen LogP contribution is -2.31. The number of hydrogen-bond acceptors (Lipinski definition) is 2. The second kappa shape index (κ2) is 4.01. The predicted molar refractivity (Wildman–Crippen MR) is 55.4 cm³/mol. The molecule has 14 heavy (non-hydrogen) atoms. The number of aliphatic hydroxyl groups is 1. The Morgan fingerprint density at radius 2 is 2.29 bits per heavy atom. The summed E-state index contributed by atoms with van der Waals surface area (Å²) in [6, 6.07) is 8.06. The van der Waals surface area contributed by atoms with Crippen molar-refractivity contribution in [3.8, 4) is 5.75 Å². The molecule has 2 nitrogen and oxygen atoms in total. The Kier molecular flexibility index (Phi) is 2.73. The van der Waals surface area contributed by atoms with Crippen LogP contribution in [0.1, 0.15) is 18.9 Å². The van der Waals surface area contributed by atoms with Crippen LogP contribution < -0.4 is 4.74 Å². The minimum Gasteiger partial charge on any atom is -0.493 e. The van der Waals surface area contributed by atoms with Gasteiger partial charge in [0, 0.05) is 5.92 Å². The zero-order valence-electron chi connectivity index (χ0n) is 8.44. The number of aliphatic hydroxyl groups excluding tert-OH is 1. The van der Waals surface area contributed by atoms with E-state index in [-0.39, 0.29) is 12.0 Å². The monoisotopic (exact) mass is 192 g/mol. The molecule has 1 N–H and O–H groups in total. The molecule has 2 atom stereocenters. The third kappa shape index (κ3) is 1.75. The largest absolute Gasteiger partial charge is 0.493 e. The molecule has 0 aliphatic carbocycles. The van der Waals surface area contributed by atoms with Gasteiger partial charge in [0.05, 0.1) is 12.7 Å². The molecule has 0 bridgehead atoms. The number of benzene rings is 1. The Labute approximate surface area is 84.5 Å². The van der Waals surface area contributed by atoms with E-state index in [0.717, 1.165) is 18.6 Å². The van der Waals surface area contributed by atoms with Gasteiger partial charge in [0.25, 0.3) is 0 Å². The van der Waals surface area contributed by atoms with E-state index in [1.807, 2.05) is 25.1 Å². The molecule has 0 amide bonds. The fourth-order valence-corrected chi connectivity index (χ4v) is 1.93. The quantitative estimate of drug-likeness (QED) is 0.776. The van der Waals surface area contributed by atoms with Gasteiger partial charge in [-0.25, -0.2) is 0 Å². The average Bonchev–Trinajstić information content (AvgIpc) is 2.27. The van der Waals surface area contributed by atoms with Crippen LogP contribution in [0.15, 0.2) is 24.3 Å². The number of rotatable bonds is 2. The van der Waals surface area contributed by atoms with E-state index < -0.39 is 0 Å². The summed E-state index contributed by atoms with van der Waals surface area (Å²) in [7, 11) is 0. The molecule has 76 valence electrons. The summed E-state index contributed by atoms with van der Waals surface area (Å²) in [6.45, 7) is 2.65. The highest BCUT2D eigenvalue weighted by Crippen LogP contribution is 2.28. The van der Waals surface area contributed by atoms with Gasteiger partial charge in [-0.1, -0.05) is 25.1 Å². The second-order valence-corrected chi connectivity index (χ2v) is 3.86. The second-order valence-electron chi connectivity index (χ2n) is 3.86. The Morgan fingerprint density at radius 1 is 1.50 bits per heavy atom. The van der Waals surface area contributed by atoms with Crippen molar-refractivity contribution in [3.05, 3.63) is 29.8 Å². The zero-order valence-corrected chi connectivity index (χ0v) is 8.44. The minimum absolute atomic E-state index is 0.233. The molecule has 2 heteroatoms. The first-order chi connectivity index (χ1) is 6.81. The first-order valence-corrected chi connectivity index (χ1v) is 5.20. The summed E-state index contributed by atoms with van der Waals surface area (Å²) in [6.07, 6.45) is 1.50. The van der Waals surface area contributed by atoms with Crippen LogP contribution >= 0.6 is 0 Å². The van der Waals surface area contributed by atoms with Crippen molar-refractivity contribution in [1.82, 2.24) is 0 Å². The first kappa shape index (κ1) is 9.53. The molecule has 0 aromatic heterocycles. The maximum atomic E-state index is 9.73. The smallest absolute Gasteiger partial charge is 0.122 e. The van der Waals surface area contributed by atoms with Crippen LogP contribution in [0.25, 0.3) is 0 Å². The molecule has 2 unspecified atom stereocenters. The van der Waals surface area contributed by atoms with Gasteiger partial charge in [0.2, 0.25) is 0 Å². The van der Waals surface area contributed by atoms with Crippen molar-refractivity contribution in [2.24, 2.45) is 5.92 Å². The predicted octanol–water partition coefficient (Wildman–Crippen LogP) is 2.01. The minimum atomic E-state index is -0.233.